The molecule has 5 nitrogen and oxygen atoms in total. The Bertz CT molecular complexity index is 955. The van der Waals surface area contributed by atoms with E-state index in [1.807, 2.05) is 0 Å². The number of aliphatic hydroxyl groups excluding tert-OH is 1. The first kappa shape index (κ1) is 20.8. The normalized spacial score (nSPS) is 12.3. The van der Waals surface area contributed by atoms with E-state index in [-0.39, 0.29) is 12.2 Å². The minimum Gasteiger partial charge on any atom is -0.456 e. The van der Waals surface area contributed by atoms with E-state index in [0.717, 1.165) is 12.1 Å². The molecule has 0 bridgehead atoms. The van der Waals surface area contributed by atoms with Gasteiger partial charge in [-0.1, -0.05) is 17.7 Å². The highest BCUT2D eigenvalue weighted by molar-refractivity contribution is 6.31. The highest BCUT2D eigenvalue weighted by Crippen LogP contribution is 2.36. The first-order valence-corrected chi connectivity index (χ1v) is 8.92. The Morgan fingerprint density at radius 2 is 1.83 bits per heavy atom. The van der Waals surface area contributed by atoms with Gasteiger partial charge < -0.3 is 20.5 Å². The van der Waals surface area contributed by atoms with Crippen molar-refractivity contribution in [3.05, 3.63) is 77.6 Å². The Hall–Kier alpha value is -2.97. The molecule has 0 aliphatic heterocycles. The van der Waals surface area contributed by atoms with Gasteiger partial charge in [0.05, 0.1) is 23.3 Å². The van der Waals surface area contributed by atoms with Crippen molar-refractivity contribution in [3.63, 3.8) is 0 Å². The molecule has 0 fully saturated rings. The number of rotatable bonds is 7. The maximum absolute atomic E-state index is 12.9. The molecule has 1 unspecified atom stereocenters. The lowest BCUT2D eigenvalue weighted by molar-refractivity contribution is -0.137. The van der Waals surface area contributed by atoms with Crippen LogP contribution in [0.25, 0.3) is 0 Å². The van der Waals surface area contributed by atoms with Gasteiger partial charge in [-0.3, -0.25) is 4.98 Å². The number of nitrogens with zero attached hydrogens (tertiary/aromatic N) is 1. The van der Waals surface area contributed by atoms with Gasteiger partial charge in [0, 0.05) is 23.6 Å². The molecule has 0 aliphatic carbocycles. The smallest absolute Gasteiger partial charge is 0.417 e. The predicted molar refractivity (Wildman–Crippen MR) is 105 cm³/mol. The number of ether oxygens (including phenoxy) is 1. The van der Waals surface area contributed by atoms with E-state index in [4.69, 9.17) is 16.3 Å². The second-order valence-corrected chi connectivity index (χ2v) is 6.46. The number of halogens is 4. The van der Waals surface area contributed by atoms with Gasteiger partial charge in [0.25, 0.3) is 0 Å². The summed E-state index contributed by atoms with van der Waals surface area (Å²) in [6, 6.07) is 13.9. The lowest BCUT2D eigenvalue weighted by atomic mass is 10.2. The first-order chi connectivity index (χ1) is 13.8. The van der Waals surface area contributed by atoms with Crippen LogP contribution in [0.15, 0.2) is 67.0 Å². The summed E-state index contributed by atoms with van der Waals surface area (Å²) in [4.78, 5) is 3.97. The first-order valence-electron chi connectivity index (χ1n) is 8.54. The van der Waals surface area contributed by atoms with Crippen LogP contribution in [0.1, 0.15) is 5.56 Å². The fraction of sp³-hybridized carbons (Fsp3) is 0.150. The molecule has 2 aromatic carbocycles. The summed E-state index contributed by atoms with van der Waals surface area (Å²) in [6.07, 6.45) is -2.50. The van der Waals surface area contributed by atoms with Crippen LogP contribution in [-0.2, 0) is 6.18 Å². The van der Waals surface area contributed by atoms with Crippen LogP contribution in [0.2, 0.25) is 5.02 Å². The molecular formula is C20H17ClF3N3O2. The van der Waals surface area contributed by atoms with Crippen molar-refractivity contribution in [2.75, 3.05) is 17.2 Å². The van der Waals surface area contributed by atoms with Crippen LogP contribution in [-0.4, -0.2) is 22.9 Å². The molecule has 3 N–H and O–H groups in total. The number of alkyl halides is 3. The van der Waals surface area contributed by atoms with E-state index >= 15 is 0 Å². The van der Waals surface area contributed by atoms with E-state index < -0.39 is 23.0 Å². The molecule has 0 radical (unpaired) electrons. The lowest BCUT2D eigenvalue weighted by Crippen LogP contribution is -2.27. The average Bonchev–Trinajstić information content (AvgIpc) is 2.68. The number of aromatic nitrogens is 1. The van der Waals surface area contributed by atoms with Crippen LogP contribution in [0, 0.1) is 0 Å². The second kappa shape index (κ2) is 9.02. The molecule has 1 aromatic heterocycles. The predicted octanol–water partition coefficient (Wildman–Crippen LogP) is 5.39. The molecule has 0 saturated carbocycles. The number of aliphatic hydroxyl groups is 1. The molecule has 1 heterocycles. The Balaban J connectivity index is 1.58. The van der Waals surface area contributed by atoms with Gasteiger partial charge >= 0.3 is 6.18 Å². The zero-order valence-corrected chi connectivity index (χ0v) is 15.7. The van der Waals surface area contributed by atoms with E-state index in [2.05, 4.69) is 15.6 Å². The Morgan fingerprint density at radius 3 is 2.55 bits per heavy atom. The standard InChI is InChI=1S/C20H17ClF3N3O2/c21-18-7-6-14(10-17(18)20(22,23)24)27-19(28)12-26-13-3-1-4-15(9-13)29-16-5-2-8-25-11-16/h1-11,19,26-28H,12H2. The summed E-state index contributed by atoms with van der Waals surface area (Å²) in [5.41, 5.74) is -0.200. The molecule has 0 spiro atoms. The maximum Gasteiger partial charge on any atom is 0.417 e. The summed E-state index contributed by atoms with van der Waals surface area (Å²) < 4.78 is 44.5. The van der Waals surface area contributed by atoms with Crippen molar-refractivity contribution in [1.82, 2.24) is 4.98 Å². The van der Waals surface area contributed by atoms with Crippen LogP contribution >= 0.6 is 11.6 Å². The van der Waals surface area contributed by atoms with Crippen molar-refractivity contribution < 1.29 is 23.0 Å². The highest BCUT2D eigenvalue weighted by atomic mass is 35.5. The molecule has 0 saturated heterocycles. The van der Waals surface area contributed by atoms with Crippen molar-refractivity contribution in [3.8, 4) is 11.5 Å². The number of benzene rings is 2. The van der Waals surface area contributed by atoms with Crippen molar-refractivity contribution in [2.45, 2.75) is 12.4 Å². The number of hydrogen-bond donors (Lipinski definition) is 3. The van der Waals surface area contributed by atoms with Crippen LogP contribution in [0.4, 0.5) is 24.5 Å². The number of anilines is 2. The van der Waals surface area contributed by atoms with Gasteiger partial charge in [0.2, 0.25) is 0 Å². The second-order valence-electron chi connectivity index (χ2n) is 6.05. The Kier molecular flexibility index (Phi) is 6.46. The Morgan fingerprint density at radius 1 is 1.03 bits per heavy atom. The third-order valence-corrected chi connectivity index (χ3v) is 4.14. The quantitative estimate of drug-likeness (QED) is 0.445. The van der Waals surface area contributed by atoms with Gasteiger partial charge in [-0.2, -0.15) is 13.2 Å². The number of hydrogen-bond acceptors (Lipinski definition) is 5. The highest BCUT2D eigenvalue weighted by Gasteiger charge is 2.33. The fourth-order valence-electron chi connectivity index (χ4n) is 2.50. The molecule has 0 aliphatic rings. The summed E-state index contributed by atoms with van der Waals surface area (Å²) in [5, 5.41) is 15.3. The summed E-state index contributed by atoms with van der Waals surface area (Å²) in [6.45, 7) is 0.0420. The van der Waals surface area contributed by atoms with Crippen LogP contribution in [0.5, 0.6) is 11.5 Å². The SMILES string of the molecule is OC(CNc1cccc(Oc2cccnc2)c1)Nc1ccc(Cl)c(C(F)(F)F)c1. The van der Waals surface area contributed by atoms with Gasteiger partial charge in [-0.05, 0) is 42.5 Å². The molecule has 29 heavy (non-hydrogen) atoms. The summed E-state index contributed by atoms with van der Waals surface area (Å²) in [5.74, 6) is 1.15. The van der Waals surface area contributed by atoms with E-state index in [0.29, 0.717) is 17.2 Å². The van der Waals surface area contributed by atoms with E-state index in [1.165, 1.54) is 6.07 Å². The largest absolute Gasteiger partial charge is 0.456 e. The molecule has 0 amide bonds. The summed E-state index contributed by atoms with van der Waals surface area (Å²) in [7, 11) is 0. The van der Waals surface area contributed by atoms with Crippen molar-refractivity contribution in [1.29, 1.82) is 0 Å². The topological polar surface area (TPSA) is 66.4 Å². The van der Waals surface area contributed by atoms with Crippen LogP contribution in [0.3, 0.4) is 0 Å². The zero-order valence-electron chi connectivity index (χ0n) is 14.9. The molecule has 9 heteroatoms. The van der Waals surface area contributed by atoms with E-state index in [1.54, 1.807) is 48.8 Å². The van der Waals surface area contributed by atoms with E-state index in [9.17, 15) is 18.3 Å². The molecular weight excluding hydrogens is 407 g/mol. The number of nitrogens with one attached hydrogen (secondary N) is 2. The van der Waals surface area contributed by atoms with Crippen molar-refractivity contribution >= 4 is 23.0 Å². The minimum atomic E-state index is -4.58. The van der Waals surface area contributed by atoms with Crippen LogP contribution < -0.4 is 15.4 Å². The average molecular weight is 424 g/mol. The van der Waals surface area contributed by atoms with Gasteiger partial charge in [0.1, 0.15) is 17.7 Å². The third kappa shape index (κ3) is 6.00. The fourth-order valence-corrected chi connectivity index (χ4v) is 2.73. The maximum atomic E-state index is 12.9. The zero-order chi connectivity index (χ0) is 20.9. The molecule has 3 aromatic rings. The monoisotopic (exact) mass is 423 g/mol. The lowest BCUT2D eigenvalue weighted by Gasteiger charge is -2.18. The van der Waals surface area contributed by atoms with Crippen molar-refractivity contribution in [2.24, 2.45) is 0 Å². The van der Waals surface area contributed by atoms with Gasteiger partial charge in [0.15, 0.2) is 0 Å². The molecule has 152 valence electrons. The molecule has 1 atom stereocenters. The summed E-state index contributed by atoms with van der Waals surface area (Å²) >= 11 is 5.59. The third-order valence-electron chi connectivity index (χ3n) is 3.81. The minimum absolute atomic E-state index is 0.0420. The number of pyridine rings is 1. The Labute approximate surface area is 170 Å². The molecule has 3 rings (SSSR count). The van der Waals surface area contributed by atoms with Gasteiger partial charge in [-0.25, -0.2) is 0 Å². The van der Waals surface area contributed by atoms with Gasteiger partial charge in [-0.15, -0.1) is 0 Å².